The number of aromatic amines is 1. The van der Waals surface area contributed by atoms with E-state index in [9.17, 15) is 14.0 Å². The molecule has 31 heavy (non-hydrogen) atoms. The van der Waals surface area contributed by atoms with Crippen molar-refractivity contribution in [3.63, 3.8) is 0 Å². The highest BCUT2D eigenvalue weighted by atomic mass is 19.1. The Morgan fingerprint density at radius 1 is 1.23 bits per heavy atom. The number of carbonyl (C=O) groups is 1. The summed E-state index contributed by atoms with van der Waals surface area (Å²) in [6.45, 7) is 0.419. The topological polar surface area (TPSA) is 130 Å². The maximum Gasteiger partial charge on any atom is 0.404 e. The number of hydrogen-bond acceptors (Lipinski definition) is 5. The van der Waals surface area contributed by atoms with E-state index in [-0.39, 0.29) is 17.6 Å². The monoisotopic (exact) mass is 425 g/mol. The lowest BCUT2D eigenvalue weighted by Crippen LogP contribution is -2.32. The highest BCUT2D eigenvalue weighted by Crippen LogP contribution is 2.32. The molecule has 10 nitrogen and oxygen atoms in total. The molecule has 5 rings (SSSR count). The van der Waals surface area contributed by atoms with Crippen LogP contribution in [-0.2, 0) is 0 Å². The first-order valence-corrected chi connectivity index (χ1v) is 10.1. The summed E-state index contributed by atoms with van der Waals surface area (Å²) in [5.74, 6) is 0.199. The molecule has 0 aromatic carbocycles. The van der Waals surface area contributed by atoms with Crippen molar-refractivity contribution < 1.29 is 14.3 Å². The van der Waals surface area contributed by atoms with Crippen molar-refractivity contribution >= 4 is 22.9 Å². The maximum atomic E-state index is 13.7. The number of imidazole rings is 2. The van der Waals surface area contributed by atoms with E-state index in [0.717, 1.165) is 25.7 Å². The van der Waals surface area contributed by atoms with Gasteiger partial charge in [-0.3, -0.25) is 8.97 Å². The van der Waals surface area contributed by atoms with Gasteiger partial charge in [0.05, 0.1) is 12.4 Å². The zero-order valence-electron chi connectivity index (χ0n) is 16.5. The van der Waals surface area contributed by atoms with Crippen LogP contribution >= 0.6 is 0 Å². The highest BCUT2D eigenvalue weighted by molar-refractivity contribution is 5.72. The number of halogens is 1. The van der Waals surface area contributed by atoms with Gasteiger partial charge in [-0.2, -0.15) is 0 Å². The Kier molecular flexibility index (Phi) is 4.64. The summed E-state index contributed by atoms with van der Waals surface area (Å²) >= 11 is 0. The fourth-order valence-electron chi connectivity index (χ4n) is 4.34. The SMILES string of the molecule is O=C(O)NCC1CCC(n2c(=O)[nH]c3cnc(-c4cnc5ccc(F)cn45)nc32)CC1. The van der Waals surface area contributed by atoms with E-state index >= 15 is 0 Å². The van der Waals surface area contributed by atoms with E-state index < -0.39 is 11.9 Å². The van der Waals surface area contributed by atoms with Crippen LogP contribution in [0, 0.1) is 11.7 Å². The van der Waals surface area contributed by atoms with Gasteiger partial charge < -0.3 is 15.4 Å². The fourth-order valence-corrected chi connectivity index (χ4v) is 4.34. The molecular weight excluding hydrogens is 405 g/mol. The van der Waals surface area contributed by atoms with Gasteiger partial charge in [-0.05, 0) is 43.7 Å². The lowest BCUT2D eigenvalue weighted by molar-refractivity contribution is 0.188. The zero-order chi connectivity index (χ0) is 21.5. The molecule has 4 aromatic heterocycles. The van der Waals surface area contributed by atoms with E-state index in [1.165, 1.54) is 12.3 Å². The van der Waals surface area contributed by atoms with Crippen molar-refractivity contribution in [2.75, 3.05) is 6.54 Å². The number of carboxylic acid groups (broad SMARTS) is 1. The summed E-state index contributed by atoms with van der Waals surface area (Å²) in [4.78, 5) is 39.4. The van der Waals surface area contributed by atoms with Crippen LogP contribution in [0.15, 0.2) is 35.5 Å². The summed E-state index contributed by atoms with van der Waals surface area (Å²) in [7, 11) is 0. The van der Waals surface area contributed by atoms with E-state index in [1.807, 2.05) is 0 Å². The molecule has 0 radical (unpaired) electrons. The third kappa shape index (κ3) is 3.51. The molecule has 4 heterocycles. The van der Waals surface area contributed by atoms with Gasteiger partial charge in [0.2, 0.25) is 0 Å². The number of nitrogens with zero attached hydrogens (tertiary/aromatic N) is 5. The number of aromatic nitrogens is 6. The molecule has 1 aliphatic carbocycles. The van der Waals surface area contributed by atoms with Gasteiger partial charge in [-0.15, -0.1) is 0 Å². The molecule has 0 atom stereocenters. The minimum Gasteiger partial charge on any atom is -0.465 e. The molecule has 160 valence electrons. The molecule has 0 bridgehead atoms. The molecule has 11 heteroatoms. The first-order valence-electron chi connectivity index (χ1n) is 10.1. The second kappa shape index (κ2) is 7.49. The fraction of sp³-hybridized carbons (Fsp3) is 0.350. The molecule has 0 unspecified atom stereocenters. The lowest BCUT2D eigenvalue weighted by atomic mass is 9.86. The second-order valence-corrected chi connectivity index (χ2v) is 7.81. The van der Waals surface area contributed by atoms with Gasteiger partial charge in [0.15, 0.2) is 11.5 Å². The molecule has 3 N–H and O–H groups in total. The number of nitrogens with one attached hydrogen (secondary N) is 2. The van der Waals surface area contributed by atoms with Gasteiger partial charge >= 0.3 is 11.8 Å². The maximum absolute atomic E-state index is 13.7. The van der Waals surface area contributed by atoms with Gasteiger partial charge in [-0.1, -0.05) is 0 Å². The Hall–Kier alpha value is -3.76. The van der Waals surface area contributed by atoms with E-state index in [0.29, 0.717) is 34.9 Å². The largest absolute Gasteiger partial charge is 0.465 e. The summed E-state index contributed by atoms with van der Waals surface area (Å²) < 4.78 is 17.0. The van der Waals surface area contributed by atoms with Crippen LogP contribution in [0.1, 0.15) is 31.7 Å². The van der Waals surface area contributed by atoms with Gasteiger partial charge in [0.25, 0.3) is 0 Å². The van der Waals surface area contributed by atoms with E-state index in [2.05, 4.69) is 25.3 Å². The molecule has 1 amide bonds. The molecule has 0 saturated heterocycles. The van der Waals surface area contributed by atoms with Crippen molar-refractivity contribution in [1.82, 2.24) is 34.2 Å². The van der Waals surface area contributed by atoms with Crippen molar-refractivity contribution in [2.45, 2.75) is 31.7 Å². The van der Waals surface area contributed by atoms with Crippen LogP contribution in [0.25, 0.3) is 28.3 Å². The Morgan fingerprint density at radius 2 is 2.03 bits per heavy atom. The van der Waals surface area contributed by atoms with Crippen molar-refractivity contribution in [1.29, 1.82) is 0 Å². The van der Waals surface area contributed by atoms with Crippen LogP contribution in [0.5, 0.6) is 0 Å². The molecule has 0 aliphatic heterocycles. The quantitative estimate of drug-likeness (QED) is 0.461. The van der Waals surface area contributed by atoms with E-state index in [4.69, 9.17) is 5.11 Å². The van der Waals surface area contributed by atoms with Crippen molar-refractivity contribution in [3.05, 3.63) is 47.0 Å². The first-order chi connectivity index (χ1) is 15.0. The van der Waals surface area contributed by atoms with Crippen LogP contribution in [-0.4, -0.2) is 46.6 Å². The molecule has 1 aliphatic rings. The minimum absolute atomic E-state index is 0.0373. The Morgan fingerprint density at radius 3 is 2.81 bits per heavy atom. The summed E-state index contributed by atoms with van der Waals surface area (Å²) in [6.07, 6.45) is 6.55. The molecule has 4 aromatic rings. The number of hydrogen-bond donors (Lipinski definition) is 3. The Bertz CT molecular complexity index is 1330. The molecule has 0 spiro atoms. The zero-order valence-corrected chi connectivity index (χ0v) is 16.5. The van der Waals surface area contributed by atoms with Crippen LogP contribution in [0.3, 0.4) is 0 Å². The number of amides is 1. The number of H-pyrrole nitrogens is 1. The van der Waals surface area contributed by atoms with Crippen molar-refractivity contribution in [3.8, 4) is 11.5 Å². The number of fused-ring (bicyclic) bond motifs is 2. The number of pyridine rings is 1. The van der Waals surface area contributed by atoms with Crippen molar-refractivity contribution in [2.24, 2.45) is 5.92 Å². The van der Waals surface area contributed by atoms with E-state index in [1.54, 1.807) is 27.4 Å². The standard InChI is InChI=1S/C20H20FN7O3/c21-12-3-6-16-22-9-15(27(16)10-12)17-23-8-14-18(26-17)28(19(29)25-14)13-4-1-11(2-5-13)7-24-20(30)31/h3,6,8-11,13,24H,1-2,4-5,7H2,(H,25,29)(H,30,31). The molecule has 1 fully saturated rings. The first kappa shape index (κ1) is 19.2. The van der Waals surface area contributed by atoms with Crippen LogP contribution in [0.2, 0.25) is 0 Å². The third-order valence-electron chi connectivity index (χ3n) is 5.88. The lowest BCUT2D eigenvalue weighted by Gasteiger charge is -2.28. The van der Waals surface area contributed by atoms with Gasteiger partial charge in [-0.25, -0.2) is 28.9 Å². The summed E-state index contributed by atoms with van der Waals surface area (Å²) in [6, 6.07) is 2.87. The summed E-state index contributed by atoms with van der Waals surface area (Å²) in [5.41, 5.74) is 1.87. The predicted octanol–water partition coefficient (Wildman–Crippen LogP) is 2.57. The molecule has 1 saturated carbocycles. The van der Waals surface area contributed by atoms with Gasteiger partial charge in [0, 0.05) is 18.8 Å². The number of rotatable bonds is 4. The highest BCUT2D eigenvalue weighted by Gasteiger charge is 2.26. The third-order valence-corrected chi connectivity index (χ3v) is 5.88. The smallest absolute Gasteiger partial charge is 0.404 e. The normalized spacial score (nSPS) is 19.1. The van der Waals surface area contributed by atoms with Crippen LogP contribution in [0.4, 0.5) is 9.18 Å². The predicted molar refractivity (Wildman–Crippen MR) is 109 cm³/mol. The van der Waals surface area contributed by atoms with Crippen LogP contribution < -0.4 is 11.0 Å². The Labute approximate surface area is 174 Å². The average molecular weight is 425 g/mol. The summed E-state index contributed by atoms with van der Waals surface area (Å²) in [5, 5.41) is 11.2. The average Bonchev–Trinajstić information content (AvgIpc) is 3.31. The molecular formula is C20H20FN7O3. The minimum atomic E-state index is -1.02. The Balaban J connectivity index is 1.47. The van der Waals surface area contributed by atoms with Gasteiger partial charge in [0.1, 0.15) is 22.7 Å². The second-order valence-electron chi connectivity index (χ2n) is 7.81.